The van der Waals surface area contributed by atoms with Crippen molar-refractivity contribution in [3.05, 3.63) is 40.1 Å². The van der Waals surface area contributed by atoms with Gasteiger partial charge in [0.15, 0.2) is 5.82 Å². The number of benzene rings is 1. The van der Waals surface area contributed by atoms with Crippen molar-refractivity contribution < 1.29 is 4.39 Å². The Balaban J connectivity index is 2.26. The summed E-state index contributed by atoms with van der Waals surface area (Å²) in [5.41, 5.74) is 0.417. The maximum Gasteiger partial charge on any atom is 0.166 e. The fraction of sp³-hybridized carbons (Fsp3) is 0.200. The number of aromatic nitrogens is 2. The largest absolute Gasteiger partial charge is 0.217 e. The topological polar surface area (TPSA) is 25.8 Å². The normalized spacial score (nSPS) is 11.2. The van der Waals surface area contributed by atoms with Gasteiger partial charge in [0.1, 0.15) is 15.8 Å². The molecule has 21 heavy (non-hydrogen) atoms. The van der Waals surface area contributed by atoms with E-state index >= 15 is 0 Å². The zero-order valence-electron chi connectivity index (χ0n) is 11.5. The smallest absolute Gasteiger partial charge is 0.166 e. The molecule has 2 heterocycles. The highest BCUT2D eigenvalue weighted by Gasteiger charge is 2.17. The van der Waals surface area contributed by atoms with Crippen LogP contribution in [0.25, 0.3) is 21.6 Å². The zero-order valence-corrected chi connectivity index (χ0v) is 13.9. The van der Waals surface area contributed by atoms with Crippen LogP contribution in [0.5, 0.6) is 0 Å². The molecule has 3 rings (SSSR count). The highest BCUT2D eigenvalue weighted by atomic mass is 35.5. The molecule has 0 aliphatic heterocycles. The van der Waals surface area contributed by atoms with Crippen molar-refractivity contribution in [1.82, 2.24) is 9.97 Å². The first kappa shape index (κ1) is 14.8. The third-order valence-corrected chi connectivity index (χ3v) is 5.41. The van der Waals surface area contributed by atoms with Crippen LogP contribution in [0.3, 0.4) is 0 Å². The molecule has 0 spiro atoms. The van der Waals surface area contributed by atoms with E-state index in [0.717, 1.165) is 21.5 Å². The summed E-state index contributed by atoms with van der Waals surface area (Å²) in [6.45, 7) is 2.08. The molecule has 0 N–H and O–H groups in total. The van der Waals surface area contributed by atoms with Crippen molar-refractivity contribution in [3.8, 4) is 11.4 Å². The van der Waals surface area contributed by atoms with Gasteiger partial charge in [-0.25, -0.2) is 14.4 Å². The van der Waals surface area contributed by atoms with Crippen molar-refractivity contribution in [2.45, 2.75) is 18.2 Å². The fourth-order valence-electron chi connectivity index (χ4n) is 2.11. The molecular formula is C15H12ClFN2S2. The van der Waals surface area contributed by atoms with Gasteiger partial charge in [0, 0.05) is 15.2 Å². The molecule has 1 aromatic carbocycles. The second-order valence-electron chi connectivity index (χ2n) is 4.44. The second kappa shape index (κ2) is 5.91. The maximum atomic E-state index is 14.2. The Morgan fingerprint density at radius 3 is 2.86 bits per heavy atom. The predicted molar refractivity (Wildman–Crippen MR) is 89.0 cm³/mol. The molecule has 3 aromatic rings. The van der Waals surface area contributed by atoms with Gasteiger partial charge in [-0.3, -0.25) is 0 Å². The minimum absolute atomic E-state index is 0.329. The van der Waals surface area contributed by atoms with Gasteiger partial charge >= 0.3 is 0 Å². The van der Waals surface area contributed by atoms with Crippen LogP contribution < -0.4 is 0 Å². The highest BCUT2D eigenvalue weighted by molar-refractivity contribution is 7.98. The van der Waals surface area contributed by atoms with E-state index in [9.17, 15) is 4.39 Å². The van der Waals surface area contributed by atoms with E-state index in [0.29, 0.717) is 16.5 Å². The van der Waals surface area contributed by atoms with Gasteiger partial charge in [0.25, 0.3) is 0 Å². The minimum atomic E-state index is -0.329. The van der Waals surface area contributed by atoms with E-state index in [1.165, 1.54) is 22.7 Å². The maximum absolute atomic E-state index is 14.2. The van der Waals surface area contributed by atoms with Crippen molar-refractivity contribution in [1.29, 1.82) is 0 Å². The molecule has 0 bridgehead atoms. The van der Waals surface area contributed by atoms with Crippen LogP contribution in [0.1, 0.15) is 11.8 Å². The molecule has 0 unspecified atom stereocenters. The van der Waals surface area contributed by atoms with Gasteiger partial charge < -0.3 is 0 Å². The van der Waals surface area contributed by atoms with Crippen LogP contribution in [0.2, 0.25) is 5.15 Å². The molecule has 6 heteroatoms. The zero-order chi connectivity index (χ0) is 15.0. The SMILES string of the molecule is CCc1cc2c(Cl)nc(-c3c(F)cccc3SC)nc2s1. The molecule has 0 fully saturated rings. The molecule has 108 valence electrons. The number of halogens is 2. The summed E-state index contributed by atoms with van der Waals surface area (Å²) in [6, 6.07) is 6.97. The molecule has 2 nitrogen and oxygen atoms in total. The number of hydrogen-bond acceptors (Lipinski definition) is 4. The number of nitrogens with zero attached hydrogens (tertiary/aromatic N) is 2. The van der Waals surface area contributed by atoms with Crippen LogP contribution in [-0.2, 0) is 6.42 Å². The van der Waals surface area contributed by atoms with Gasteiger partial charge in [-0.05, 0) is 30.9 Å². The van der Waals surface area contributed by atoms with Crippen LogP contribution in [0, 0.1) is 5.82 Å². The number of fused-ring (bicyclic) bond motifs is 1. The summed E-state index contributed by atoms with van der Waals surface area (Å²) in [6.07, 6.45) is 2.82. The first-order valence-corrected chi connectivity index (χ1v) is 8.84. The van der Waals surface area contributed by atoms with E-state index < -0.39 is 0 Å². The second-order valence-corrected chi connectivity index (χ2v) is 6.76. The summed E-state index contributed by atoms with van der Waals surface area (Å²) in [5.74, 6) is 0.0176. The third-order valence-electron chi connectivity index (χ3n) is 3.16. The Hall–Kier alpha value is -1.17. The van der Waals surface area contributed by atoms with E-state index in [1.807, 2.05) is 18.4 Å². The number of hydrogen-bond donors (Lipinski definition) is 0. The van der Waals surface area contributed by atoms with Gasteiger partial charge in [-0.1, -0.05) is 24.6 Å². The monoisotopic (exact) mass is 338 g/mol. The Morgan fingerprint density at radius 1 is 1.33 bits per heavy atom. The van der Waals surface area contributed by atoms with Gasteiger partial charge in [-0.15, -0.1) is 23.1 Å². The number of thiophene rings is 1. The first-order chi connectivity index (χ1) is 10.1. The summed E-state index contributed by atoms with van der Waals surface area (Å²) in [4.78, 5) is 11.6. The molecule has 0 saturated heterocycles. The van der Waals surface area contributed by atoms with Crippen molar-refractivity contribution in [3.63, 3.8) is 0 Å². The molecule has 0 amide bonds. The molecule has 0 aliphatic rings. The standard InChI is InChI=1S/C15H12ClFN2S2/c1-3-8-7-9-13(16)18-14(19-15(9)21-8)12-10(17)5-4-6-11(12)20-2/h4-7H,3H2,1-2H3. The molecule has 0 radical (unpaired) electrons. The lowest BCUT2D eigenvalue weighted by Gasteiger charge is -2.07. The van der Waals surface area contributed by atoms with E-state index in [2.05, 4.69) is 16.9 Å². The average molecular weight is 339 g/mol. The lowest BCUT2D eigenvalue weighted by Crippen LogP contribution is -1.94. The Morgan fingerprint density at radius 2 is 2.14 bits per heavy atom. The predicted octanol–water partition coefficient (Wildman–Crippen LogP) is 5.44. The molecule has 0 aliphatic carbocycles. The summed E-state index contributed by atoms with van der Waals surface area (Å²) in [7, 11) is 0. The summed E-state index contributed by atoms with van der Waals surface area (Å²) >= 11 is 9.30. The first-order valence-electron chi connectivity index (χ1n) is 6.43. The lowest BCUT2D eigenvalue weighted by molar-refractivity contribution is 0.627. The van der Waals surface area contributed by atoms with Crippen molar-refractivity contribution >= 4 is 44.9 Å². The number of rotatable bonds is 3. The Kier molecular flexibility index (Phi) is 4.15. The quantitative estimate of drug-likeness (QED) is 0.470. The van der Waals surface area contributed by atoms with E-state index in [-0.39, 0.29) is 5.82 Å². The van der Waals surface area contributed by atoms with Crippen molar-refractivity contribution in [2.75, 3.05) is 6.26 Å². The number of thioether (sulfide) groups is 1. The summed E-state index contributed by atoms with van der Waals surface area (Å²) < 4.78 is 14.2. The van der Waals surface area contributed by atoms with E-state index in [4.69, 9.17) is 11.6 Å². The average Bonchev–Trinajstić information content (AvgIpc) is 2.90. The fourth-order valence-corrected chi connectivity index (χ4v) is 3.97. The molecule has 2 aromatic heterocycles. The number of aryl methyl sites for hydroxylation is 1. The van der Waals surface area contributed by atoms with Crippen LogP contribution in [0.15, 0.2) is 29.2 Å². The van der Waals surface area contributed by atoms with E-state index in [1.54, 1.807) is 17.4 Å². The molecule has 0 saturated carbocycles. The van der Waals surface area contributed by atoms with Gasteiger partial charge in [0.05, 0.1) is 5.56 Å². The van der Waals surface area contributed by atoms with Gasteiger partial charge in [-0.2, -0.15) is 0 Å². The highest BCUT2D eigenvalue weighted by Crippen LogP contribution is 2.35. The Bertz CT molecular complexity index is 817. The van der Waals surface area contributed by atoms with Crippen molar-refractivity contribution in [2.24, 2.45) is 0 Å². The van der Waals surface area contributed by atoms with Crippen LogP contribution in [-0.4, -0.2) is 16.2 Å². The lowest BCUT2D eigenvalue weighted by atomic mass is 10.2. The van der Waals surface area contributed by atoms with Crippen LogP contribution >= 0.6 is 34.7 Å². The van der Waals surface area contributed by atoms with Gasteiger partial charge in [0.2, 0.25) is 0 Å². The molecular weight excluding hydrogens is 327 g/mol. The van der Waals surface area contributed by atoms with Crippen LogP contribution in [0.4, 0.5) is 4.39 Å². The minimum Gasteiger partial charge on any atom is -0.217 e. The third kappa shape index (κ3) is 2.65. The molecule has 0 atom stereocenters. The summed E-state index contributed by atoms with van der Waals surface area (Å²) in [5, 5.41) is 1.21. The Labute approximate surface area is 135 Å².